The zero-order valence-corrected chi connectivity index (χ0v) is 11.7. The highest BCUT2D eigenvalue weighted by Gasteiger charge is 2.13. The van der Waals surface area contributed by atoms with E-state index in [-0.39, 0.29) is 0 Å². The quantitative estimate of drug-likeness (QED) is 0.804. The molecule has 1 aliphatic heterocycles. The summed E-state index contributed by atoms with van der Waals surface area (Å²) in [4.78, 5) is 11.3. The minimum atomic E-state index is 0.782. The fraction of sp³-hybridized carbons (Fsp3) is 0.667. The lowest BCUT2D eigenvalue weighted by Crippen LogP contribution is -2.27. The molecule has 0 amide bonds. The van der Waals surface area contributed by atoms with E-state index < -0.39 is 0 Å². The Kier molecular flexibility index (Phi) is 4.74. The van der Waals surface area contributed by atoms with Gasteiger partial charge in [0.2, 0.25) is 0 Å². The van der Waals surface area contributed by atoms with Gasteiger partial charge in [0.25, 0.3) is 0 Å². The third-order valence-corrected chi connectivity index (χ3v) is 3.15. The summed E-state index contributed by atoms with van der Waals surface area (Å²) in [5.74, 6) is 1.93. The van der Waals surface area contributed by atoms with Crippen molar-refractivity contribution in [2.24, 2.45) is 0 Å². The highest BCUT2D eigenvalue weighted by atomic mass is 79.9. The molecule has 94 valence electrons. The van der Waals surface area contributed by atoms with Crippen molar-refractivity contribution >= 4 is 21.7 Å². The largest absolute Gasteiger partial charge is 0.380 e. The molecule has 0 unspecified atom stereocenters. The summed E-state index contributed by atoms with van der Waals surface area (Å²) in [7, 11) is 0. The van der Waals surface area contributed by atoms with Crippen LogP contribution in [0.2, 0.25) is 0 Å². The Bertz CT molecular complexity index is 365. The molecule has 5 heteroatoms. The van der Waals surface area contributed by atoms with E-state index in [1.165, 1.54) is 0 Å². The minimum Gasteiger partial charge on any atom is -0.380 e. The first-order valence-corrected chi connectivity index (χ1v) is 6.95. The summed E-state index contributed by atoms with van der Waals surface area (Å²) in [6.45, 7) is 5.70. The van der Waals surface area contributed by atoms with Gasteiger partial charge in [-0.2, -0.15) is 0 Å². The Morgan fingerprint density at radius 1 is 1.35 bits per heavy atom. The zero-order valence-electron chi connectivity index (χ0n) is 10.2. The van der Waals surface area contributed by atoms with Crippen molar-refractivity contribution in [2.45, 2.75) is 26.2 Å². The van der Waals surface area contributed by atoms with Crippen molar-refractivity contribution in [1.82, 2.24) is 9.97 Å². The molecule has 1 aromatic rings. The topological polar surface area (TPSA) is 38.2 Å². The van der Waals surface area contributed by atoms with Crippen LogP contribution in [0.1, 0.15) is 25.6 Å². The van der Waals surface area contributed by atoms with Crippen molar-refractivity contribution in [1.29, 1.82) is 0 Å². The molecule has 2 rings (SSSR count). The molecule has 0 bridgehead atoms. The van der Waals surface area contributed by atoms with Gasteiger partial charge in [0.05, 0.1) is 6.61 Å². The number of ether oxygens (including phenoxy) is 1. The maximum absolute atomic E-state index is 5.46. The first kappa shape index (κ1) is 12.8. The third kappa shape index (κ3) is 3.64. The van der Waals surface area contributed by atoms with Crippen LogP contribution in [0.3, 0.4) is 0 Å². The summed E-state index contributed by atoms with van der Waals surface area (Å²) in [5, 5.41) is 0. The Balaban J connectivity index is 2.17. The SMILES string of the molecule is CCCc1nc(Br)cc(N2CCCOCC2)n1. The minimum absolute atomic E-state index is 0.782. The number of rotatable bonds is 3. The van der Waals surface area contributed by atoms with Gasteiger partial charge in [0.15, 0.2) is 0 Å². The Morgan fingerprint density at radius 3 is 3.06 bits per heavy atom. The molecule has 0 N–H and O–H groups in total. The van der Waals surface area contributed by atoms with E-state index in [0.717, 1.165) is 61.8 Å². The molecule has 0 atom stereocenters. The van der Waals surface area contributed by atoms with Crippen LogP contribution in [0.5, 0.6) is 0 Å². The Hall–Kier alpha value is -0.680. The number of halogens is 1. The molecule has 0 aromatic carbocycles. The van der Waals surface area contributed by atoms with E-state index in [2.05, 4.69) is 37.7 Å². The molecule has 1 aromatic heterocycles. The summed E-state index contributed by atoms with van der Waals surface area (Å²) < 4.78 is 6.33. The van der Waals surface area contributed by atoms with Crippen LogP contribution >= 0.6 is 15.9 Å². The summed E-state index contributed by atoms with van der Waals surface area (Å²) in [5.41, 5.74) is 0. The van der Waals surface area contributed by atoms with E-state index in [9.17, 15) is 0 Å². The van der Waals surface area contributed by atoms with Gasteiger partial charge in [-0.15, -0.1) is 0 Å². The number of aromatic nitrogens is 2. The van der Waals surface area contributed by atoms with Gasteiger partial charge in [0, 0.05) is 32.2 Å². The van der Waals surface area contributed by atoms with Crippen LogP contribution in [0, 0.1) is 0 Å². The van der Waals surface area contributed by atoms with Gasteiger partial charge < -0.3 is 9.64 Å². The first-order chi connectivity index (χ1) is 8.29. The Labute approximate surface area is 111 Å². The monoisotopic (exact) mass is 299 g/mol. The van der Waals surface area contributed by atoms with Crippen LogP contribution in [0.4, 0.5) is 5.82 Å². The maximum atomic E-state index is 5.46. The Morgan fingerprint density at radius 2 is 2.24 bits per heavy atom. The zero-order chi connectivity index (χ0) is 12.1. The maximum Gasteiger partial charge on any atom is 0.133 e. The second-order valence-electron chi connectivity index (χ2n) is 4.17. The fourth-order valence-electron chi connectivity index (χ4n) is 1.92. The fourth-order valence-corrected chi connectivity index (χ4v) is 2.33. The molecule has 1 aliphatic rings. The summed E-state index contributed by atoms with van der Waals surface area (Å²) in [6.07, 6.45) is 3.06. The number of aryl methyl sites for hydroxylation is 1. The average Bonchev–Trinajstić information content (AvgIpc) is 2.57. The van der Waals surface area contributed by atoms with Crippen molar-refractivity contribution < 1.29 is 4.74 Å². The lowest BCUT2D eigenvalue weighted by molar-refractivity contribution is 0.152. The second kappa shape index (κ2) is 6.31. The molecular formula is C12H18BrN3O. The number of nitrogens with zero attached hydrogens (tertiary/aromatic N) is 3. The van der Waals surface area contributed by atoms with Gasteiger partial charge in [-0.3, -0.25) is 0 Å². The lowest BCUT2D eigenvalue weighted by atomic mass is 10.3. The van der Waals surface area contributed by atoms with Crippen LogP contribution in [0.25, 0.3) is 0 Å². The van der Waals surface area contributed by atoms with E-state index in [1.807, 2.05) is 6.07 Å². The number of hydrogen-bond donors (Lipinski definition) is 0. The predicted octanol–water partition coefficient (Wildman–Crippen LogP) is 2.42. The van der Waals surface area contributed by atoms with E-state index in [0.29, 0.717) is 0 Å². The van der Waals surface area contributed by atoms with Gasteiger partial charge >= 0.3 is 0 Å². The van der Waals surface area contributed by atoms with Crippen molar-refractivity contribution in [3.63, 3.8) is 0 Å². The van der Waals surface area contributed by atoms with Gasteiger partial charge in [0.1, 0.15) is 16.2 Å². The van der Waals surface area contributed by atoms with Gasteiger partial charge in [-0.25, -0.2) is 9.97 Å². The molecule has 4 nitrogen and oxygen atoms in total. The van der Waals surface area contributed by atoms with E-state index >= 15 is 0 Å². The van der Waals surface area contributed by atoms with Crippen LogP contribution < -0.4 is 4.90 Å². The summed E-state index contributed by atoms with van der Waals surface area (Å²) >= 11 is 3.46. The number of anilines is 1. The smallest absolute Gasteiger partial charge is 0.133 e. The molecule has 0 saturated carbocycles. The summed E-state index contributed by atoms with van der Waals surface area (Å²) in [6, 6.07) is 1.99. The highest BCUT2D eigenvalue weighted by Crippen LogP contribution is 2.18. The highest BCUT2D eigenvalue weighted by molar-refractivity contribution is 9.10. The van der Waals surface area contributed by atoms with Crippen LogP contribution in [-0.2, 0) is 11.2 Å². The van der Waals surface area contributed by atoms with Crippen LogP contribution in [0.15, 0.2) is 10.7 Å². The van der Waals surface area contributed by atoms with Crippen LogP contribution in [-0.4, -0.2) is 36.3 Å². The molecule has 1 fully saturated rings. The molecule has 17 heavy (non-hydrogen) atoms. The van der Waals surface area contributed by atoms with E-state index in [4.69, 9.17) is 4.74 Å². The molecule has 0 radical (unpaired) electrons. The van der Waals surface area contributed by atoms with Crippen molar-refractivity contribution in [3.8, 4) is 0 Å². The molecular weight excluding hydrogens is 282 g/mol. The first-order valence-electron chi connectivity index (χ1n) is 6.15. The number of hydrogen-bond acceptors (Lipinski definition) is 4. The normalized spacial score (nSPS) is 16.9. The standard InChI is InChI=1S/C12H18BrN3O/c1-2-4-11-14-10(13)9-12(15-11)16-5-3-7-17-8-6-16/h9H,2-8H2,1H3. The molecule has 0 spiro atoms. The third-order valence-electron chi connectivity index (χ3n) is 2.75. The molecule has 2 heterocycles. The lowest BCUT2D eigenvalue weighted by Gasteiger charge is -2.21. The molecule has 1 saturated heterocycles. The van der Waals surface area contributed by atoms with Crippen molar-refractivity contribution in [2.75, 3.05) is 31.2 Å². The van der Waals surface area contributed by atoms with Crippen molar-refractivity contribution in [3.05, 3.63) is 16.5 Å². The average molecular weight is 300 g/mol. The predicted molar refractivity (Wildman–Crippen MR) is 71.4 cm³/mol. The second-order valence-corrected chi connectivity index (χ2v) is 4.98. The van der Waals surface area contributed by atoms with Gasteiger partial charge in [-0.05, 0) is 28.8 Å². The van der Waals surface area contributed by atoms with Gasteiger partial charge in [-0.1, -0.05) is 6.92 Å². The van der Waals surface area contributed by atoms with E-state index in [1.54, 1.807) is 0 Å². The molecule has 0 aliphatic carbocycles.